The lowest BCUT2D eigenvalue weighted by molar-refractivity contribution is -0.149. The molecule has 0 aliphatic heterocycles. The fraction of sp³-hybridized carbons (Fsp3) is 0.211. The van der Waals surface area contributed by atoms with Gasteiger partial charge in [-0.25, -0.2) is 14.3 Å². The molecule has 0 saturated heterocycles. The van der Waals surface area contributed by atoms with E-state index in [-0.39, 0.29) is 6.61 Å². The van der Waals surface area contributed by atoms with Crippen molar-refractivity contribution in [2.75, 3.05) is 7.11 Å². The topological polar surface area (TPSA) is 96.2 Å². The van der Waals surface area contributed by atoms with Gasteiger partial charge in [-0.15, -0.1) is 5.10 Å². The summed E-state index contributed by atoms with van der Waals surface area (Å²) in [5.74, 6) is -0.858. The number of benzene rings is 2. The van der Waals surface area contributed by atoms with Gasteiger partial charge >= 0.3 is 11.9 Å². The number of methoxy groups -OCH3 is 1. The van der Waals surface area contributed by atoms with Gasteiger partial charge in [0.2, 0.25) is 0 Å². The monoisotopic (exact) mass is 366 g/mol. The summed E-state index contributed by atoms with van der Waals surface area (Å²) in [6.07, 6.45) is 1.80. The van der Waals surface area contributed by atoms with Crippen LogP contribution < -0.4 is 0 Å². The molecule has 0 spiro atoms. The van der Waals surface area contributed by atoms with Crippen molar-refractivity contribution in [2.45, 2.75) is 19.1 Å². The van der Waals surface area contributed by atoms with Crippen molar-refractivity contribution in [3.05, 3.63) is 77.6 Å². The molecule has 0 fully saturated rings. The van der Waals surface area contributed by atoms with Crippen LogP contribution in [0.1, 0.15) is 27.5 Å². The molecule has 1 heterocycles. The maximum atomic E-state index is 12.6. The van der Waals surface area contributed by atoms with Crippen molar-refractivity contribution in [3.63, 3.8) is 0 Å². The third kappa shape index (κ3) is 4.75. The predicted octanol–water partition coefficient (Wildman–Crippen LogP) is 1.99. The number of hydrogen-bond acceptors (Lipinski definition) is 7. The van der Waals surface area contributed by atoms with Crippen molar-refractivity contribution >= 4 is 11.9 Å². The van der Waals surface area contributed by atoms with Crippen LogP contribution in [0.25, 0.3) is 0 Å². The minimum Gasteiger partial charge on any atom is -0.465 e. The average Bonchev–Trinajstić information content (AvgIpc) is 3.25. The van der Waals surface area contributed by atoms with Gasteiger partial charge in [-0.1, -0.05) is 42.5 Å². The average molecular weight is 366 g/mol. The zero-order valence-corrected chi connectivity index (χ0v) is 14.7. The van der Waals surface area contributed by atoms with Gasteiger partial charge in [0.05, 0.1) is 12.7 Å². The van der Waals surface area contributed by atoms with Crippen LogP contribution in [0.4, 0.5) is 0 Å². The second-order valence-corrected chi connectivity index (χ2v) is 5.79. The molecule has 138 valence electrons. The Morgan fingerprint density at radius 1 is 1.04 bits per heavy atom. The second-order valence-electron chi connectivity index (χ2n) is 5.79. The number of rotatable bonds is 7. The number of esters is 2. The fourth-order valence-electron chi connectivity index (χ4n) is 2.54. The Bertz CT molecular complexity index is 880. The standard InChI is InChI=1S/C19H18N4O4/c1-26-18(24)16-9-7-15(8-10-16)12-27-19(25)17(23-13-20-21-22-23)11-14-5-3-2-4-6-14/h2-10,13,17H,11-12H2,1H3/t17-/m0/s1. The summed E-state index contributed by atoms with van der Waals surface area (Å²) in [6.45, 7) is 0.0771. The van der Waals surface area contributed by atoms with Gasteiger partial charge in [-0.05, 0) is 33.7 Å². The molecule has 0 unspecified atom stereocenters. The van der Waals surface area contributed by atoms with Crippen molar-refractivity contribution in [3.8, 4) is 0 Å². The fourth-order valence-corrected chi connectivity index (χ4v) is 2.54. The molecule has 0 saturated carbocycles. The molecule has 0 amide bonds. The third-order valence-electron chi connectivity index (χ3n) is 3.98. The summed E-state index contributed by atoms with van der Waals surface area (Å²) < 4.78 is 11.5. The normalized spacial score (nSPS) is 11.6. The van der Waals surface area contributed by atoms with Gasteiger partial charge in [0.25, 0.3) is 0 Å². The summed E-state index contributed by atoms with van der Waals surface area (Å²) in [4.78, 5) is 24.1. The summed E-state index contributed by atoms with van der Waals surface area (Å²) in [5, 5.41) is 11.0. The number of carbonyl (C=O) groups is 2. The highest BCUT2D eigenvalue weighted by atomic mass is 16.5. The van der Waals surface area contributed by atoms with E-state index in [0.717, 1.165) is 11.1 Å². The van der Waals surface area contributed by atoms with Crippen LogP contribution >= 0.6 is 0 Å². The summed E-state index contributed by atoms with van der Waals surface area (Å²) in [5.41, 5.74) is 2.16. The van der Waals surface area contributed by atoms with Gasteiger partial charge in [0.15, 0.2) is 6.04 Å². The minimum atomic E-state index is -0.670. The molecule has 8 nitrogen and oxygen atoms in total. The van der Waals surface area contributed by atoms with Crippen LogP contribution in [0.3, 0.4) is 0 Å². The summed E-state index contributed by atoms with van der Waals surface area (Å²) in [6, 6.07) is 15.6. The lowest BCUT2D eigenvalue weighted by Crippen LogP contribution is -2.24. The van der Waals surface area contributed by atoms with E-state index in [1.165, 1.54) is 18.1 Å². The van der Waals surface area contributed by atoms with Crippen LogP contribution in [0.5, 0.6) is 0 Å². The highest BCUT2D eigenvalue weighted by Gasteiger charge is 2.24. The molecule has 27 heavy (non-hydrogen) atoms. The molecule has 1 atom stereocenters. The Kier molecular flexibility index (Phi) is 5.88. The quantitative estimate of drug-likeness (QED) is 0.590. The van der Waals surface area contributed by atoms with Gasteiger partial charge in [0, 0.05) is 6.42 Å². The van der Waals surface area contributed by atoms with Gasteiger partial charge in [-0.3, -0.25) is 0 Å². The van der Waals surface area contributed by atoms with E-state index < -0.39 is 18.0 Å². The molecular formula is C19H18N4O4. The van der Waals surface area contributed by atoms with E-state index in [1.807, 2.05) is 30.3 Å². The van der Waals surface area contributed by atoms with Crippen LogP contribution in [0, 0.1) is 0 Å². The molecule has 0 radical (unpaired) electrons. The van der Waals surface area contributed by atoms with E-state index in [2.05, 4.69) is 20.3 Å². The minimum absolute atomic E-state index is 0.0771. The SMILES string of the molecule is COC(=O)c1ccc(COC(=O)[C@H](Cc2ccccc2)n2cnnn2)cc1. The first kappa shape index (κ1) is 18.2. The molecule has 3 rings (SSSR count). The van der Waals surface area contributed by atoms with E-state index in [0.29, 0.717) is 12.0 Å². The molecule has 8 heteroatoms. The summed E-state index contributed by atoms with van der Waals surface area (Å²) >= 11 is 0. The van der Waals surface area contributed by atoms with Gasteiger partial charge in [-0.2, -0.15) is 0 Å². The second kappa shape index (κ2) is 8.70. The zero-order chi connectivity index (χ0) is 19.1. The van der Waals surface area contributed by atoms with Crippen LogP contribution in [-0.2, 0) is 27.3 Å². The van der Waals surface area contributed by atoms with Crippen LogP contribution in [0.15, 0.2) is 60.9 Å². The maximum Gasteiger partial charge on any atom is 0.337 e. The van der Waals surface area contributed by atoms with E-state index >= 15 is 0 Å². The Labute approximate surface area is 155 Å². The molecule has 0 aliphatic carbocycles. The highest BCUT2D eigenvalue weighted by Crippen LogP contribution is 2.16. The molecule has 1 aromatic heterocycles. The number of nitrogens with zero attached hydrogens (tertiary/aromatic N) is 4. The third-order valence-corrected chi connectivity index (χ3v) is 3.98. The van der Waals surface area contributed by atoms with Crippen molar-refractivity contribution in [1.29, 1.82) is 0 Å². The first-order chi connectivity index (χ1) is 13.2. The largest absolute Gasteiger partial charge is 0.465 e. The predicted molar refractivity (Wildman–Crippen MR) is 94.6 cm³/mol. The summed E-state index contributed by atoms with van der Waals surface area (Å²) in [7, 11) is 1.32. The number of carbonyl (C=O) groups excluding carboxylic acids is 2. The van der Waals surface area contributed by atoms with E-state index in [1.54, 1.807) is 24.3 Å². The molecule has 2 aromatic carbocycles. The molecule has 3 aromatic rings. The number of ether oxygens (including phenoxy) is 2. The van der Waals surface area contributed by atoms with Crippen LogP contribution in [-0.4, -0.2) is 39.3 Å². The zero-order valence-electron chi connectivity index (χ0n) is 14.7. The molecular weight excluding hydrogens is 348 g/mol. The number of aromatic nitrogens is 4. The van der Waals surface area contributed by atoms with Crippen molar-refractivity contribution in [1.82, 2.24) is 20.2 Å². The van der Waals surface area contributed by atoms with Gasteiger partial charge < -0.3 is 9.47 Å². The van der Waals surface area contributed by atoms with E-state index in [9.17, 15) is 9.59 Å². The molecule has 0 N–H and O–H groups in total. The number of tetrazole rings is 1. The van der Waals surface area contributed by atoms with Crippen LogP contribution in [0.2, 0.25) is 0 Å². The Morgan fingerprint density at radius 2 is 1.78 bits per heavy atom. The maximum absolute atomic E-state index is 12.6. The smallest absolute Gasteiger partial charge is 0.337 e. The Balaban J connectivity index is 1.67. The molecule has 0 bridgehead atoms. The Hall–Kier alpha value is -3.55. The van der Waals surface area contributed by atoms with Crippen molar-refractivity contribution < 1.29 is 19.1 Å². The lowest BCUT2D eigenvalue weighted by Gasteiger charge is -2.15. The first-order valence-electron chi connectivity index (χ1n) is 8.27. The lowest BCUT2D eigenvalue weighted by atomic mass is 10.1. The first-order valence-corrected chi connectivity index (χ1v) is 8.27. The highest BCUT2D eigenvalue weighted by molar-refractivity contribution is 5.89. The Morgan fingerprint density at radius 3 is 2.41 bits per heavy atom. The molecule has 0 aliphatic rings. The van der Waals surface area contributed by atoms with E-state index in [4.69, 9.17) is 4.74 Å². The number of hydrogen-bond donors (Lipinski definition) is 0. The van der Waals surface area contributed by atoms with Gasteiger partial charge in [0.1, 0.15) is 12.9 Å². The van der Waals surface area contributed by atoms with Crippen molar-refractivity contribution in [2.24, 2.45) is 0 Å².